The largest absolute Gasteiger partial charge is 0.384 e. The molecule has 1 saturated heterocycles. The third-order valence-electron chi connectivity index (χ3n) is 5.20. The predicted octanol–water partition coefficient (Wildman–Crippen LogP) is 3.09. The number of nitrogens with zero attached hydrogens (tertiary/aromatic N) is 2. The van der Waals surface area contributed by atoms with Gasteiger partial charge >= 0.3 is 0 Å². The standard InChI is InChI=1S/C19H28N4O2.2ClH/c1-4-23-16-8-6-5-7-15(16)22-17(23)14(2)21-18(24)19(13-25-3)9-11-20-12-10-19;;/h5-8,14,20H,4,9-13H2,1-3H3,(H,21,24);2*1H. The van der Waals surface area contributed by atoms with Crippen molar-refractivity contribution in [2.45, 2.75) is 39.3 Å². The molecule has 1 amide bonds. The Hall–Kier alpha value is -1.34. The minimum atomic E-state index is -0.447. The molecule has 1 fully saturated rings. The van der Waals surface area contributed by atoms with Gasteiger partial charge in [0.2, 0.25) is 5.91 Å². The molecule has 152 valence electrons. The molecule has 2 heterocycles. The van der Waals surface area contributed by atoms with Crippen LogP contribution in [-0.4, -0.2) is 42.3 Å². The van der Waals surface area contributed by atoms with Gasteiger partial charge in [0, 0.05) is 13.7 Å². The molecule has 1 aromatic carbocycles. The van der Waals surface area contributed by atoms with E-state index in [2.05, 4.69) is 28.2 Å². The Balaban J connectivity index is 0.00000182. The number of aryl methyl sites for hydroxylation is 1. The highest BCUT2D eigenvalue weighted by atomic mass is 35.5. The van der Waals surface area contributed by atoms with Gasteiger partial charge in [0.1, 0.15) is 5.82 Å². The van der Waals surface area contributed by atoms with Gasteiger partial charge < -0.3 is 19.9 Å². The summed E-state index contributed by atoms with van der Waals surface area (Å²) < 4.78 is 7.55. The second-order valence-electron chi connectivity index (χ2n) is 6.86. The number of carbonyl (C=O) groups is 1. The lowest BCUT2D eigenvalue weighted by Gasteiger charge is -2.36. The van der Waals surface area contributed by atoms with E-state index in [-0.39, 0.29) is 36.8 Å². The van der Waals surface area contributed by atoms with E-state index in [0.29, 0.717) is 6.61 Å². The van der Waals surface area contributed by atoms with E-state index in [1.54, 1.807) is 7.11 Å². The molecule has 0 bridgehead atoms. The molecular weight excluding hydrogens is 387 g/mol. The number of fused-ring (bicyclic) bond motifs is 1. The fourth-order valence-corrected chi connectivity index (χ4v) is 3.79. The molecular formula is C19H30Cl2N4O2. The number of methoxy groups -OCH3 is 1. The molecule has 2 aromatic rings. The number of amides is 1. The van der Waals surface area contributed by atoms with Crippen molar-refractivity contribution in [3.8, 4) is 0 Å². The summed E-state index contributed by atoms with van der Waals surface area (Å²) in [5.41, 5.74) is 1.63. The fraction of sp³-hybridized carbons (Fsp3) is 0.579. The summed E-state index contributed by atoms with van der Waals surface area (Å²) in [5.74, 6) is 0.969. The number of aromatic nitrogens is 2. The van der Waals surface area contributed by atoms with Gasteiger partial charge in [-0.05, 0) is 51.9 Å². The van der Waals surface area contributed by atoms with E-state index in [4.69, 9.17) is 9.72 Å². The summed E-state index contributed by atoms with van der Waals surface area (Å²) in [6.07, 6.45) is 1.59. The molecule has 2 N–H and O–H groups in total. The lowest BCUT2D eigenvalue weighted by Crippen LogP contribution is -2.50. The number of rotatable bonds is 6. The molecule has 0 spiro atoms. The summed E-state index contributed by atoms with van der Waals surface area (Å²) in [6, 6.07) is 7.95. The Labute approximate surface area is 173 Å². The maximum Gasteiger partial charge on any atom is 0.229 e. The molecule has 8 heteroatoms. The second kappa shape index (κ2) is 10.3. The summed E-state index contributed by atoms with van der Waals surface area (Å²) in [4.78, 5) is 17.8. The predicted molar refractivity (Wildman–Crippen MR) is 113 cm³/mol. The number of hydrogen-bond donors (Lipinski definition) is 2. The topological polar surface area (TPSA) is 68.2 Å². The Morgan fingerprint density at radius 1 is 1.33 bits per heavy atom. The van der Waals surface area contributed by atoms with E-state index < -0.39 is 5.41 Å². The molecule has 1 aromatic heterocycles. The molecule has 0 aliphatic carbocycles. The van der Waals surface area contributed by atoms with Crippen molar-refractivity contribution in [1.82, 2.24) is 20.2 Å². The summed E-state index contributed by atoms with van der Waals surface area (Å²) in [7, 11) is 1.66. The van der Waals surface area contributed by atoms with Gasteiger partial charge in [-0.2, -0.15) is 0 Å². The van der Waals surface area contributed by atoms with Crippen LogP contribution < -0.4 is 10.6 Å². The zero-order chi connectivity index (χ0) is 17.9. The van der Waals surface area contributed by atoms with Crippen molar-refractivity contribution in [3.63, 3.8) is 0 Å². The number of ether oxygens (including phenoxy) is 1. The first-order valence-corrected chi connectivity index (χ1v) is 9.07. The third kappa shape index (κ3) is 4.74. The lowest BCUT2D eigenvalue weighted by atomic mass is 9.78. The first-order valence-electron chi connectivity index (χ1n) is 9.07. The van der Waals surface area contributed by atoms with Crippen LogP contribution in [0.4, 0.5) is 0 Å². The van der Waals surface area contributed by atoms with Crippen LogP contribution in [0.15, 0.2) is 24.3 Å². The summed E-state index contributed by atoms with van der Waals surface area (Å²) in [6.45, 7) is 7.08. The van der Waals surface area contributed by atoms with E-state index >= 15 is 0 Å². The summed E-state index contributed by atoms with van der Waals surface area (Å²) in [5, 5.41) is 6.52. The molecule has 27 heavy (non-hydrogen) atoms. The van der Waals surface area contributed by atoms with Crippen molar-refractivity contribution in [2.24, 2.45) is 5.41 Å². The molecule has 1 aliphatic rings. The van der Waals surface area contributed by atoms with Crippen molar-refractivity contribution in [3.05, 3.63) is 30.1 Å². The van der Waals surface area contributed by atoms with Gasteiger partial charge in [-0.25, -0.2) is 4.98 Å². The highest BCUT2D eigenvalue weighted by Gasteiger charge is 2.40. The van der Waals surface area contributed by atoms with Crippen LogP contribution in [0.1, 0.15) is 38.6 Å². The minimum Gasteiger partial charge on any atom is -0.384 e. The van der Waals surface area contributed by atoms with Gasteiger partial charge in [0.05, 0.1) is 29.1 Å². The second-order valence-corrected chi connectivity index (χ2v) is 6.86. The quantitative estimate of drug-likeness (QED) is 0.758. The third-order valence-corrected chi connectivity index (χ3v) is 5.20. The number of imidazole rings is 1. The maximum atomic E-state index is 13.1. The molecule has 1 aliphatic heterocycles. The van der Waals surface area contributed by atoms with Crippen LogP contribution in [0, 0.1) is 5.41 Å². The number of carbonyl (C=O) groups excluding carboxylic acids is 1. The average molecular weight is 417 g/mol. The molecule has 0 saturated carbocycles. The Bertz CT molecular complexity index is 739. The number of nitrogens with one attached hydrogen (secondary N) is 2. The van der Waals surface area contributed by atoms with Crippen molar-refractivity contribution >= 4 is 41.8 Å². The van der Waals surface area contributed by atoms with E-state index in [1.807, 2.05) is 25.1 Å². The van der Waals surface area contributed by atoms with E-state index in [9.17, 15) is 4.79 Å². The van der Waals surface area contributed by atoms with Crippen molar-refractivity contribution in [1.29, 1.82) is 0 Å². The van der Waals surface area contributed by atoms with Gasteiger partial charge in [-0.1, -0.05) is 12.1 Å². The Morgan fingerprint density at radius 3 is 2.63 bits per heavy atom. The van der Waals surface area contributed by atoms with Crippen LogP contribution >= 0.6 is 24.8 Å². The molecule has 6 nitrogen and oxygen atoms in total. The molecule has 1 atom stereocenters. The molecule has 3 rings (SSSR count). The van der Waals surface area contributed by atoms with Gasteiger partial charge in [0.25, 0.3) is 0 Å². The average Bonchev–Trinajstić information content (AvgIpc) is 3.01. The molecule has 0 radical (unpaired) electrons. The maximum absolute atomic E-state index is 13.1. The number of piperidine rings is 1. The van der Waals surface area contributed by atoms with Crippen LogP contribution in [0.5, 0.6) is 0 Å². The van der Waals surface area contributed by atoms with Crippen LogP contribution in [0.3, 0.4) is 0 Å². The first-order chi connectivity index (χ1) is 12.1. The SMILES string of the molecule is CCn1c(C(C)NC(=O)C2(COC)CCNCC2)nc2ccccc21.Cl.Cl. The Kier molecular flexibility index (Phi) is 9.02. The van der Waals surface area contributed by atoms with Gasteiger partial charge in [0.15, 0.2) is 0 Å². The van der Waals surface area contributed by atoms with Crippen LogP contribution in [-0.2, 0) is 16.1 Å². The molecule has 1 unspecified atom stereocenters. The first kappa shape index (κ1) is 23.7. The highest BCUT2D eigenvalue weighted by molar-refractivity contribution is 5.85. The zero-order valence-electron chi connectivity index (χ0n) is 16.2. The van der Waals surface area contributed by atoms with Crippen molar-refractivity contribution in [2.75, 3.05) is 26.8 Å². The van der Waals surface area contributed by atoms with Crippen molar-refractivity contribution < 1.29 is 9.53 Å². The fourth-order valence-electron chi connectivity index (χ4n) is 3.79. The normalized spacial score (nSPS) is 16.9. The van der Waals surface area contributed by atoms with Gasteiger partial charge in [-0.3, -0.25) is 4.79 Å². The summed E-state index contributed by atoms with van der Waals surface area (Å²) >= 11 is 0. The number of benzene rings is 1. The lowest BCUT2D eigenvalue weighted by molar-refractivity contribution is -0.137. The highest BCUT2D eigenvalue weighted by Crippen LogP contribution is 2.31. The zero-order valence-corrected chi connectivity index (χ0v) is 17.8. The number of halogens is 2. The van der Waals surface area contributed by atoms with Crippen LogP contribution in [0.2, 0.25) is 0 Å². The number of hydrogen-bond acceptors (Lipinski definition) is 4. The monoisotopic (exact) mass is 416 g/mol. The Morgan fingerprint density at radius 2 is 2.00 bits per heavy atom. The van der Waals surface area contributed by atoms with Crippen LogP contribution in [0.25, 0.3) is 11.0 Å². The van der Waals surface area contributed by atoms with Gasteiger partial charge in [-0.15, -0.1) is 24.8 Å². The van der Waals surface area contributed by atoms with E-state index in [1.165, 1.54) is 0 Å². The number of para-hydroxylation sites is 2. The minimum absolute atomic E-state index is 0. The van der Waals surface area contributed by atoms with E-state index in [0.717, 1.165) is 49.3 Å². The smallest absolute Gasteiger partial charge is 0.229 e.